The SMILES string of the molecule is C=C(CC)[C@H]1CC=C(C)C1(C)C. The molecule has 1 aliphatic carbocycles. The fourth-order valence-electron chi connectivity index (χ4n) is 2.05. The maximum Gasteiger partial charge on any atom is -0.00792 e. The molecule has 0 aromatic carbocycles. The van der Waals surface area contributed by atoms with Crippen molar-refractivity contribution in [1.82, 2.24) is 0 Å². The van der Waals surface area contributed by atoms with Crippen molar-refractivity contribution in [3.63, 3.8) is 0 Å². The van der Waals surface area contributed by atoms with Gasteiger partial charge < -0.3 is 0 Å². The monoisotopic (exact) mass is 164 g/mol. The Morgan fingerprint density at radius 1 is 1.67 bits per heavy atom. The standard InChI is InChI=1S/C12H20/c1-6-9(2)11-8-7-10(3)12(11,4)5/h7,11H,2,6,8H2,1,3-5H3/t11-/m1/s1. The van der Waals surface area contributed by atoms with E-state index in [1.54, 1.807) is 0 Å². The zero-order chi connectivity index (χ0) is 9.35. The van der Waals surface area contributed by atoms with Gasteiger partial charge in [0.05, 0.1) is 0 Å². The maximum atomic E-state index is 4.15. The van der Waals surface area contributed by atoms with Crippen LogP contribution in [0.4, 0.5) is 0 Å². The molecule has 0 nitrogen and oxygen atoms in total. The molecule has 0 heterocycles. The van der Waals surface area contributed by atoms with Gasteiger partial charge in [0.15, 0.2) is 0 Å². The minimum Gasteiger partial charge on any atom is -0.0995 e. The zero-order valence-electron chi connectivity index (χ0n) is 8.78. The van der Waals surface area contributed by atoms with E-state index < -0.39 is 0 Å². The lowest BCUT2D eigenvalue weighted by Gasteiger charge is -2.30. The molecular formula is C12H20. The summed E-state index contributed by atoms with van der Waals surface area (Å²) in [5.41, 5.74) is 3.29. The molecule has 0 N–H and O–H groups in total. The second-order valence-corrected chi connectivity index (χ2v) is 4.41. The molecule has 0 radical (unpaired) electrons. The lowest BCUT2D eigenvalue weighted by atomic mass is 9.74. The summed E-state index contributed by atoms with van der Waals surface area (Å²) in [6.45, 7) is 13.3. The van der Waals surface area contributed by atoms with Crippen molar-refractivity contribution in [3.05, 3.63) is 23.8 Å². The van der Waals surface area contributed by atoms with Crippen LogP contribution >= 0.6 is 0 Å². The van der Waals surface area contributed by atoms with E-state index in [1.807, 2.05) is 0 Å². The summed E-state index contributed by atoms with van der Waals surface area (Å²) in [7, 11) is 0. The van der Waals surface area contributed by atoms with Gasteiger partial charge in [-0.15, -0.1) is 0 Å². The van der Waals surface area contributed by atoms with E-state index in [0.29, 0.717) is 11.3 Å². The average Bonchev–Trinajstić information content (AvgIpc) is 2.27. The minimum atomic E-state index is 0.354. The van der Waals surface area contributed by atoms with Gasteiger partial charge in [0.2, 0.25) is 0 Å². The highest BCUT2D eigenvalue weighted by Crippen LogP contribution is 2.46. The lowest BCUT2D eigenvalue weighted by molar-refractivity contribution is 0.331. The third kappa shape index (κ3) is 1.35. The third-order valence-electron chi connectivity index (χ3n) is 3.49. The van der Waals surface area contributed by atoms with Crippen LogP contribution in [-0.4, -0.2) is 0 Å². The fraction of sp³-hybridized carbons (Fsp3) is 0.667. The van der Waals surface area contributed by atoms with Gasteiger partial charge in [-0.2, -0.15) is 0 Å². The molecule has 0 amide bonds. The quantitative estimate of drug-likeness (QED) is 0.542. The predicted octanol–water partition coefficient (Wildman–Crippen LogP) is 3.95. The van der Waals surface area contributed by atoms with E-state index in [0.717, 1.165) is 6.42 Å². The highest BCUT2D eigenvalue weighted by molar-refractivity contribution is 5.25. The van der Waals surface area contributed by atoms with Crippen LogP contribution in [0.1, 0.15) is 40.5 Å². The molecule has 12 heavy (non-hydrogen) atoms. The first-order chi connectivity index (χ1) is 5.50. The Kier molecular flexibility index (Phi) is 2.46. The van der Waals surface area contributed by atoms with Crippen LogP contribution in [0.15, 0.2) is 23.8 Å². The van der Waals surface area contributed by atoms with E-state index in [4.69, 9.17) is 0 Å². The Morgan fingerprint density at radius 3 is 2.58 bits per heavy atom. The fourth-order valence-corrected chi connectivity index (χ4v) is 2.05. The summed E-state index contributed by atoms with van der Waals surface area (Å²) in [5.74, 6) is 0.683. The van der Waals surface area contributed by atoms with Gasteiger partial charge in [0, 0.05) is 0 Å². The van der Waals surface area contributed by atoms with Crippen molar-refractivity contribution in [2.75, 3.05) is 0 Å². The highest BCUT2D eigenvalue weighted by Gasteiger charge is 2.35. The molecule has 0 aromatic heterocycles. The number of rotatable bonds is 2. The molecule has 0 saturated carbocycles. The van der Waals surface area contributed by atoms with Crippen LogP contribution in [0, 0.1) is 11.3 Å². The Hall–Kier alpha value is -0.520. The summed E-state index contributed by atoms with van der Waals surface area (Å²) in [5, 5.41) is 0. The smallest absolute Gasteiger partial charge is 0.00792 e. The van der Waals surface area contributed by atoms with Crippen molar-refractivity contribution < 1.29 is 0 Å². The summed E-state index contributed by atoms with van der Waals surface area (Å²) in [6.07, 6.45) is 4.69. The Morgan fingerprint density at radius 2 is 2.25 bits per heavy atom. The molecular weight excluding hydrogens is 144 g/mol. The van der Waals surface area contributed by atoms with Crippen LogP contribution in [0.3, 0.4) is 0 Å². The second kappa shape index (κ2) is 3.08. The normalized spacial score (nSPS) is 27.0. The summed E-state index contributed by atoms with van der Waals surface area (Å²) < 4.78 is 0. The molecule has 0 spiro atoms. The molecule has 1 aliphatic rings. The van der Waals surface area contributed by atoms with Gasteiger partial charge in [0.1, 0.15) is 0 Å². The van der Waals surface area contributed by atoms with Crippen molar-refractivity contribution in [1.29, 1.82) is 0 Å². The highest BCUT2D eigenvalue weighted by atomic mass is 14.4. The van der Waals surface area contributed by atoms with Crippen LogP contribution < -0.4 is 0 Å². The van der Waals surface area contributed by atoms with E-state index in [2.05, 4.69) is 40.3 Å². The first-order valence-electron chi connectivity index (χ1n) is 4.85. The molecule has 1 rings (SSSR count). The van der Waals surface area contributed by atoms with Gasteiger partial charge in [-0.05, 0) is 31.1 Å². The van der Waals surface area contributed by atoms with Gasteiger partial charge in [-0.1, -0.05) is 44.6 Å². The molecule has 68 valence electrons. The third-order valence-corrected chi connectivity index (χ3v) is 3.49. The molecule has 0 heteroatoms. The molecule has 0 aromatic rings. The summed E-state index contributed by atoms with van der Waals surface area (Å²) >= 11 is 0. The van der Waals surface area contributed by atoms with E-state index >= 15 is 0 Å². The summed E-state index contributed by atoms with van der Waals surface area (Å²) in [4.78, 5) is 0. The van der Waals surface area contributed by atoms with E-state index in [9.17, 15) is 0 Å². The van der Waals surface area contributed by atoms with Crippen molar-refractivity contribution in [2.24, 2.45) is 11.3 Å². The molecule has 0 unspecified atom stereocenters. The van der Waals surface area contributed by atoms with Crippen molar-refractivity contribution in [2.45, 2.75) is 40.5 Å². The first-order valence-corrected chi connectivity index (χ1v) is 4.85. The van der Waals surface area contributed by atoms with Crippen molar-refractivity contribution >= 4 is 0 Å². The van der Waals surface area contributed by atoms with Gasteiger partial charge in [0.25, 0.3) is 0 Å². The van der Waals surface area contributed by atoms with Crippen LogP contribution in [-0.2, 0) is 0 Å². The van der Waals surface area contributed by atoms with Crippen molar-refractivity contribution in [3.8, 4) is 0 Å². The Labute approximate surface area is 76.4 Å². The van der Waals surface area contributed by atoms with Crippen LogP contribution in [0.25, 0.3) is 0 Å². The molecule has 0 aliphatic heterocycles. The molecule has 0 saturated heterocycles. The predicted molar refractivity (Wildman–Crippen MR) is 55.1 cm³/mol. The Balaban J connectivity index is 2.80. The van der Waals surface area contributed by atoms with Gasteiger partial charge in [-0.25, -0.2) is 0 Å². The number of hydrogen-bond acceptors (Lipinski definition) is 0. The topological polar surface area (TPSA) is 0 Å². The number of hydrogen-bond donors (Lipinski definition) is 0. The van der Waals surface area contributed by atoms with Crippen LogP contribution in [0.5, 0.6) is 0 Å². The first kappa shape index (κ1) is 9.57. The van der Waals surface area contributed by atoms with Gasteiger partial charge in [-0.3, -0.25) is 0 Å². The molecule has 1 atom stereocenters. The largest absolute Gasteiger partial charge is 0.0995 e. The van der Waals surface area contributed by atoms with Gasteiger partial charge >= 0.3 is 0 Å². The lowest BCUT2D eigenvalue weighted by Crippen LogP contribution is -2.21. The molecule has 0 fully saturated rings. The van der Waals surface area contributed by atoms with E-state index in [-0.39, 0.29) is 0 Å². The average molecular weight is 164 g/mol. The Bertz CT molecular complexity index is 218. The van der Waals surface area contributed by atoms with Crippen LogP contribution in [0.2, 0.25) is 0 Å². The second-order valence-electron chi connectivity index (χ2n) is 4.41. The minimum absolute atomic E-state index is 0.354. The summed E-state index contributed by atoms with van der Waals surface area (Å²) in [6, 6.07) is 0. The number of allylic oxidation sites excluding steroid dienone is 3. The molecule has 0 bridgehead atoms. The maximum absolute atomic E-state index is 4.15. The van der Waals surface area contributed by atoms with E-state index in [1.165, 1.54) is 17.6 Å². The zero-order valence-corrected chi connectivity index (χ0v) is 8.78.